The van der Waals surface area contributed by atoms with Crippen molar-refractivity contribution in [1.29, 1.82) is 0 Å². The third-order valence-corrected chi connectivity index (χ3v) is 12.2. The molecule has 0 saturated carbocycles. The molecule has 5 aromatic carbocycles. The molecule has 0 fully saturated rings. The maximum Gasteiger partial charge on any atom is 0.204 e. The molecule has 2 aliphatic carbocycles. The van der Waals surface area contributed by atoms with E-state index in [2.05, 4.69) is 114 Å². The molecule has 0 atom stereocenters. The highest BCUT2D eigenvalue weighted by Gasteiger charge is 2.38. The summed E-state index contributed by atoms with van der Waals surface area (Å²) in [6.07, 6.45) is 13.3. The van der Waals surface area contributed by atoms with E-state index < -0.39 is 0 Å². The van der Waals surface area contributed by atoms with Gasteiger partial charge in [-0.05, 0) is 95.9 Å². The van der Waals surface area contributed by atoms with Gasteiger partial charge in [0.1, 0.15) is 0 Å². The first kappa shape index (κ1) is 44.9. The van der Waals surface area contributed by atoms with Gasteiger partial charge < -0.3 is 28.4 Å². The second-order valence-corrected chi connectivity index (χ2v) is 16.9. The lowest BCUT2D eigenvalue weighted by Gasteiger charge is -2.27. The summed E-state index contributed by atoms with van der Waals surface area (Å²) in [5.41, 5.74) is 13.9. The number of ether oxygens (including phenoxy) is 6. The molecule has 0 saturated heterocycles. The van der Waals surface area contributed by atoms with Crippen molar-refractivity contribution in [3.8, 4) is 79.0 Å². The molecule has 0 radical (unpaired) electrons. The lowest BCUT2D eigenvalue weighted by atomic mass is 9.85. The van der Waals surface area contributed by atoms with E-state index in [-0.39, 0.29) is 0 Å². The molecule has 5 aromatic rings. The Morgan fingerprint density at radius 3 is 0.839 bits per heavy atom. The summed E-state index contributed by atoms with van der Waals surface area (Å²) < 4.78 is 41.9. The lowest BCUT2D eigenvalue weighted by molar-refractivity contribution is 0.238. The molecule has 0 unspecified atom stereocenters. The van der Waals surface area contributed by atoms with Crippen LogP contribution in [0.4, 0.5) is 0 Å². The maximum absolute atomic E-state index is 7.09. The number of hydrogen-bond acceptors (Lipinski definition) is 6. The van der Waals surface area contributed by atoms with E-state index in [9.17, 15) is 0 Å². The molecule has 0 N–H and O–H groups in total. The van der Waals surface area contributed by atoms with Crippen molar-refractivity contribution in [3.63, 3.8) is 0 Å². The zero-order chi connectivity index (χ0) is 43.3. The Morgan fingerprint density at radius 2 is 0.548 bits per heavy atom. The highest BCUT2D eigenvalue weighted by atomic mass is 16.5. The predicted octanol–water partition coefficient (Wildman–Crippen LogP) is 15.2. The minimum absolute atomic E-state index is 0.575. The number of rotatable bonds is 26. The first-order valence-electron chi connectivity index (χ1n) is 24.1. The molecule has 2 aliphatic rings. The SMILES string of the molecule is CCCCOc1c(OCCCC)c2c(c(-c3ccccc3-c3c4c(c(OCCCC)c(OCCCC)c3OCCCC)-c3ccccc3C4)c1OCCCC)Cc1ccccc1-2. The van der Waals surface area contributed by atoms with Crippen molar-refractivity contribution in [2.24, 2.45) is 0 Å². The molecule has 62 heavy (non-hydrogen) atoms. The van der Waals surface area contributed by atoms with Gasteiger partial charge in [0, 0.05) is 22.3 Å². The Labute approximate surface area is 372 Å². The van der Waals surface area contributed by atoms with Crippen LogP contribution in [0.1, 0.15) is 141 Å². The van der Waals surface area contributed by atoms with Gasteiger partial charge in [-0.3, -0.25) is 0 Å². The highest BCUT2D eigenvalue weighted by molar-refractivity contribution is 6.02. The smallest absolute Gasteiger partial charge is 0.204 e. The van der Waals surface area contributed by atoms with Gasteiger partial charge in [0.25, 0.3) is 0 Å². The fourth-order valence-electron chi connectivity index (χ4n) is 8.81. The van der Waals surface area contributed by atoms with E-state index in [0.717, 1.165) is 146 Å². The Bertz CT molecular complexity index is 2100. The zero-order valence-corrected chi connectivity index (χ0v) is 38.5. The number of benzene rings is 5. The molecule has 0 aliphatic heterocycles. The average Bonchev–Trinajstić information content (AvgIpc) is 3.87. The summed E-state index contributed by atoms with van der Waals surface area (Å²) in [4.78, 5) is 0. The first-order valence-corrected chi connectivity index (χ1v) is 24.1. The van der Waals surface area contributed by atoms with Gasteiger partial charge in [-0.2, -0.15) is 0 Å². The van der Waals surface area contributed by atoms with Gasteiger partial charge in [-0.25, -0.2) is 0 Å². The average molecular weight is 839 g/mol. The fourth-order valence-corrected chi connectivity index (χ4v) is 8.81. The second kappa shape index (κ2) is 22.3. The molecule has 0 heterocycles. The molecule has 0 amide bonds. The van der Waals surface area contributed by atoms with Crippen molar-refractivity contribution in [3.05, 3.63) is 95.1 Å². The largest absolute Gasteiger partial charge is 0.489 e. The lowest BCUT2D eigenvalue weighted by Crippen LogP contribution is -2.11. The Balaban J connectivity index is 1.58. The zero-order valence-electron chi connectivity index (χ0n) is 38.5. The van der Waals surface area contributed by atoms with E-state index in [1.54, 1.807) is 0 Å². The van der Waals surface area contributed by atoms with Crippen molar-refractivity contribution in [2.45, 2.75) is 131 Å². The molecule has 6 nitrogen and oxygen atoms in total. The summed E-state index contributed by atoms with van der Waals surface area (Å²) in [5, 5.41) is 0. The molecule has 0 bridgehead atoms. The van der Waals surface area contributed by atoms with Gasteiger partial charge in [-0.15, -0.1) is 0 Å². The monoisotopic (exact) mass is 839 g/mol. The molecule has 0 spiro atoms. The van der Waals surface area contributed by atoms with Crippen LogP contribution in [0.2, 0.25) is 0 Å². The molecule has 330 valence electrons. The van der Waals surface area contributed by atoms with Crippen molar-refractivity contribution < 1.29 is 28.4 Å². The van der Waals surface area contributed by atoms with Crippen LogP contribution >= 0.6 is 0 Å². The molecule has 0 aromatic heterocycles. The number of fused-ring (bicyclic) bond motifs is 6. The van der Waals surface area contributed by atoms with Crippen LogP contribution < -0.4 is 28.4 Å². The second-order valence-electron chi connectivity index (χ2n) is 16.9. The van der Waals surface area contributed by atoms with Gasteiger partial charge in [0.2, 0.25) is 11.5 Å². The van der Waals surface area contributed by atoms with Crippen molar-refractivity contribution in [2.75, 3.05) is 39.6 Å². The fraction of sp³-hybridized carbons (Fsp3) is 0.464. The first-order chi connectivity index (χ1) is 30.6. The van der Waals surface area contributed by atoms with E-state index in [1.807, 2.05) is 0 Å². The van der Waals surface area contributed by atoms with Gasteiger partial charge in [-0.1, -0.05) is 153 Å². The molecular weight excluding hydrogens is 769 g/mol. The summed E-state index contributed by atoms with van der Waals surface area (Å²) in [6, 6.07) is 26.5. The third kappa shape index (κ3) is 9.45. The number of unbranched alkanes of at least 4 members (excludes halogenated alkanes) is 6. The van der Waals surface area contributed by atoms with Crippen molar-refractivity contribution >= 4 is 0 Å². The van der Waals surface area contributed by atoms with Gasteiger partial charge in [0.15, 0.2) is 23.0 Å². The van der Waals surface area contributed by atoms with Crippen LogP contribution in [0, 0.1) is 0 Å². The van der Waals surface area contributed by atoms with Crippen LogP contribution in [0.25, 0.3) is 44.5 Å². The molecule has 6 heteroatoms. The Morgan fingerprint density at radius 1 is 0.306 bits per heavy atom. The van der Waals surface area contributed by atoms with Crippen molar-refractivity contribution in [1.82, 2.24) is 0 Å². The molecular formula is C56H70O6. The standard InChI is InChI=1S/C56H70O6/c1-7-13-31-57-51-47-41-27-21-19-25-39(41)37-45(47)49(53(59-33-15-9-3)55(51)61-35-17-11-5)43-29-23-24-30-44(43)50-46-38-40-26-20-22-28-42(40)48(46)52(58-32-14-8-2)56(62-36-18-12-6)54(50)60-34-16-10-4/h19-30H,7-18,31-38H2,1-6H3. The summed E-state index contributed by atoms with van der Waals surface area (Å²) in [5.74, 6) is 4.59. The van der Waals surface area contributed by atoms with E-state index in [1.165, 1.54) is 33.4 Å². The predicted molar refractivity (Wildman–Crippen MR) is 256 cm³/mol. The van der Waals surface area contributed by atoms with Crippen LogP contribution in [-0.2, 0) is 12.8 Å². The minimum Gasteiger partial charge on any atom is -0.489 e. The van der Waals surface area contributed by atoms with Gasteiger partial charge in [0.05, 0.1) is 39.6 Å². The van der Waals surface area contributed by atoms with E-state index >= 15 is 0 Å². The number of hydrogen-bond donors (Lipinski definition) is 0. The minimum atomic E-state index is 0.575. The Hall–Kier alpha value is -5.10. The maximum atomic E-state index is 7.09. The van der Waals surface area contributed by atoms with E-state index in [0.29, 0.717) is 51.1 Å². The summed E-state index contributed by atoms with van der Waals surface area (Å²) in [7, 11) is 0. The van der Waals surface area contributed by atoms with Crippen LogP contribution in [0.15, 0.2) is 72.8 Å². The van der Waals surface area contributed by atoms with Crippen LogP contribution in [-0.4, -0.2) is 39.6 Å². The topological polar surface area (TPSA) is 55.4 Å². The highest BCUT2D eigenvalue weighted by Crippen LogP contribution is 2.61. The Kier molecular flexibility index (Phi) is 16.2. The van der Waals surface area contributed by atoms with Crippen LogP contribution in [0.3, 0.4) is 0 Å². The third-order valence-electron chi connectivity index (χ3n) is 12.2. The quantitative estimate of drug-likeness (QED) is 0.0507. The van der Waals surface area contributed by atoms with Gasteiger partial charge >= 0.3 is 0 Å². The summed E-state index contributed by atoms with van der Waals surface area (Å²) >= 11 is 0. The normalized spacial score (nSPS) is 12.1. The molecule has 7 rings (SSSR count). The summed E-state index contributed by atoms with van der Waals surface area (Å²) in [6.45, 7) is 16.8. The van der Waals surface area contributed by atoms with Crippen LogP contribution in [0.5, 0.6) is 34.5 Å². The van der Waals surface area contributed by atoms with E-state index in [4.69, 9.17) is 28.4 Å².